The van der Waals surface area contributed by atoms with Crippen molar-refractivity contribution in [1.29, 1.82) is 0 Å². The van der Waals surface area contributed by atoms with Crippen molar-refractivity contribution in [3.05, 3.63) is 64.2 Å². The molecule has 0 spiro atoms. The van der Waals surface area contributed by atoms with Gasteiger partial charge in [0, 0.05) is 6.07 Å². The first-order chi connectivity index (χ1) is 11.1. The third-order valence-electron chi connectivity index (χ3n) is 2.97. The number of benzene rings is 2. The second-order valence-corrected chi connectivity index (χ2v) is 4.43. The molecular formula is C16H15NO6. The van der Waals surface area contributed by atoms with Crippen LogP contribution >= 0.6 is 0 Å². The molecule has 0 bridgehead atoms. The van der Waals surface area contributed by atoms with E-state index in [2.05, 4.69) is 0 Å². The molecule has 2 aromatic carbocycles. The monoisotopic (exact) mass is 317 g/mol. The fraction of sp³-hybridized carbons (Fsp3) is 0.188. The van der Waals surface area contributed by atoms with Crippen molar-refractivity contribution in [3.63, 3.8) is 0 Å². The first-order valence-electron chi connectivity index (χ1n) is 6.79. The van der Waals surface area contributed by atoms with Gasteiger partial charge < -0.3 is 14.2 Å². The lowest BCUT2D eigenvalue weighted by molar-refractivity contribution is -0.385. The number of nitro benzene ring substituents is 1. The summed E-state index contributed by atoms with van der Waals surface area (Å²) in [4.78, 5) is 22.1. The molecule has 120 valence electrons. The van der Waals surface area contributed by atoms with E-state index in [0.717, 1.165) is 0 Å². The third kappa shape index (κ3) is 4.44. The molecule has 7 nitrogen and oxygen atoms in total. The summed E-state index contributed by atoms with van der Waals surface area (Å²) in [6.07, 6.45) is 0. The van der Waals surface area contributed by atoms with Gasteiger partial charge in [-0.1, -0.05) is 12.1 Å². The topological polar surface area (TPSA) is 87.9 Å². The molecule has 0 fully saturated rings. The zero-order chi connectivity index (χ0) is 16.7. The zero-order valence-electron chi connectivity index (χ0n) is 12.4. The van der Waals surface area contributed by atoms with E-state index < -0.39 is 10.9 Å². The Balaban J connectivity index is 1.84. The second kappa shape index (κ2) is 7.79. The number of hydrogen-bond donors (Lipinski definition) is 0. The zero-order valence-corrected chi connectivity index (χ0v) is 12.4. The minimum absolute atomic E-state index is 0.0170. The van der Waals surface area contributed by atoms with Gasteiger partial charge in [0.2, 0.25) is 0 Å². The van der Waals surface area contributed by atoms with E-state index in [-0.39, 0.29) is 24.5 Å². The Morgan fingerprint density at radius 2 is 1.70 bits per heavy atom. The van der Waals surface area contributed by atoms with Gasteiger partial charge in [-0.2, -0.15) is 0 Å². The van der Waals surface area contributed by atoms with E-state index in [0.29, 0.717) is 11.5 Å². The normalized spacial score (nSPS) is 9.96. The fourth-order valence-electron chi connectivity index (χ4n) is 1.85. The largest absolute Gasteiger partial charge is 0.497 e. The van der Waals surface area contributed by atoms with Crippen LogP contribution in [0.2, 0.25) is 0 Å². The van der Waals surface area contributed by atoms with Crippen molar-refractivity contribution in [3.8, 4) is 11.5 Å². The number of nitro groups is 1. The summed E-state index contributed by atoms with van der Waals surface area (Å²) in [5.41, 5.74) is -0.365. The lowest BCUT2D eigenvalue weighted by Gasteiger charge is -2.08. The number of hydrogen-bond acceptors (Lipinski definition) is 6. The van der Waals surface area contributed by atoms with Crippen LogP contribution in [0.25, 0.3) is 0 Å². The van der Waals surface area contributed by atoms with Crippen molar-refractivity contribution < 1.29 is 23.9 Å². The average Bonchev–Trinajstić information content (AvgIpc) is 2.59. The second-order valence-electron chi connectivity index (χ2n) is 4.43. The molecule has 0 saturated heterocycles. The summed E-state index contributed by atoms with van der Waals surface area (Å²) >= 11 is 0. The van der Waals surface area contributed by atoms with Gasteiger partial charge in [0.25, 0.3) is 5.69 Å². The van der Waals surface area contributed by atoms with E-state index in [4.69, 9.17) is 14.2 Å². The Morgan fingerprint density at radius 3 is 2.35 bits per heavy atom. The summed E-state index contributed by atoms with van der Waals surface area (Å²) in [6.45, 7) is 0.121. The van der Waals surface area contributed by atoms with Crippen molar-refractivity contribution in [2.75, 3.05) is 20.3 Å². The van der Waals surface area contributed by atoms with Crippen LogP contribution < -0.4 is 9.47 Å². The van der Waals surface area contributed by atoms with Gasteiger partial charge in [0.1, 0.15) is 30.3 Å². The predicted molar refractivity (Wildman–Crippen MR) is 81.9 cm³/mol. The minimum atomic E-state index is -0.754. The van der Waals surface area contributed by atoms with Gasteiger partial charge in [-0.15, -0.1) is 0 Å². The molecule has 0 aliphatic heterocycles. The van der Waals surface area contributed by atoms with E-state index >= 15 is 0 Å². The molecule has 0 N–H and O–H groups in total. The number of rotatable bonds is 7. The molecular weight excluding hydrogens is 302 g/mol. The average molecular weight is 317 g/mol. The van der Waals surface area contributed by atoms with Crippen LogP contribution in [0.5, 0.6) is 11.5 Å². The van der Waals surface area contributed by atoms with Crippen molar-refractivity contribution >= 4 is 11.7 Å². The Hall–Kier alpha value is -3.09. The van der Waals surface area contributed by atoms with Crippen LogP contribution in [-0.4, -0.2) is 31.2 Å². The predicted octanol–water partition coefficient (Wildman–Crippen LogP) is 2.84. The van der Waals surface area contributed by atoms with E-state index in [1.165, 1.54) is 24.3 Å². The van der Waals surface area contributed by atoms with Crippen LogP contribution in [0.15, 0.2) is 48.5 Å². The number of methoxy groups -OCH3 is 1. The highest BCUT2D eigenvalue weighted by Gasteiger charge is 2.20. The van der Waals surface area contributed by atoms with Gasteiger partial charge in [-0.25, -0.2) is 4.79 Å². The van der Waals surface area contributed by atoms with Crippen LogP contribution in [0, 0.1) is 10.1 Å². The summed E-state index contributed by atoms with van der Waals surface area (Å²) in [5.74, 6) is 0.559. The molecule has 0 aliphatic rings. The molecule has 0 saturated carbocycles. The molecule has 0 aromatic heterocycles. The lowest BCUT2D eigenvalue weighted by Crippen LogP contribution is -2.13. The minimum Gasteiger partial charge on any atom is -0.497 e. The smallest absolute Gasteiger partial charge is 0.345 e. The fourth-order valence-corrected chi connectivity index (χ4v) is 1.85. The van der Waals surface area contributed by atoms with E-state index in [1.54, 1.807) is 31.4 Å². The number of nitrogens with zero attached hydrogens (tertiary/aromatic N) is 1. The van der Waals surface area contributed by atoms with Crippen LogP contribution in [0.4, 0.5) is 5.69 Å². The summed E-state index contributed by atoms with van der Waals surface area (Å²) in [6, 6.07) is 12.6. The van der Waals surface area contributed by atoms with Gasteiger partial charge in [-0.05, 0) is 30.3 Å². The summed E-state index contributed by atoms with van der Waals surface area (Å²) in [5, 5.41) is 10.9. The number of carbonyl (C=O) groups excluding carboxylic acids is 1. The molecule has 0 radical (unpaired) electrons. The van der Waals surface area contributed by atoms with Gasteiger partial charge in [-0.3, -0.25) is 10.1 Å². The number of para-hydroxylation sites is 1. The molecule has 0 amide bonds. The first kappa shape index (κ1) is 16.3. The molecule has 2 aromatic rings. The molecule has 7 heteroatoms. The first-order valence-corrected chi connectivity index (χ1v) is 6.79. The Bertz CT molecular complexity index is 683. The van der Waals surface area contributed by atoms with Crippen molar-refractivity contribution in [2.45, 2.75) is 0 Å². The van der Waals surface area contributed by atoms with E-state index in [9.17, 15) is 14.9 Å². The maximum absolute atomic E-state index is 11.9. The third-order valence-corrected chi connectivity index (χ3v) is 2.97. The Morgan fingerprint density at radius 1 is 1.04 bits per heavy atom. The van der Waals surface area contributed by atoms with Gasteiger partial charge in [0.05, 0.1) is 12.0 Å². The molecule has 23 heavy (non-hydrogen) atoms. The molecule has 0 aliphatic carbocycles. The highest BCUT2D eigenvalue weighted by Crippen LogP contribution is 2.19. The maximum atomic E-state index is 11.9. The number of esters is 1. The van der Waals surface area contributed by atoms with Crippen molar-refractivity contribution in [2.24, 2.45) is 0 Å². The van der Waals surface area contributed by atoms with Crippen LogP contribution in [0.1, 0.15) is 10.4 Å². The number of carbonyl (C=O) groups is 1. The molecule has 0 unspecified atom stereocenters. The summed E-state index contributed by atoms with van der Waals surface area (Å²) < 4.78 is 15.4. The SMILES string of the molecule is COc1ccc(OCCOC(=O)c2ccccc2[N+](=O)[O-])cc1. The molecule has 0 heterocycles. The quantitative estimate of drug-likeness (QED) is 0.338. The van der Waals surface area contributed by atoms with Crippen LogP contribution in [0.3, 0.4) is 0 Å². The van der Waals surface area contributed by atoms with Crippen LogP contribution in [-0.2, 0) is 4.74 Å². The Kier molecular flexibility index (Phi) is 5.51. The molecule has 0 atom stereocenters. The lowest BCUT2D eigenvalue weighted by atomic mass is 10.2. The standard InChI is InChI=1S/C16H15NO6/c1-21-12-6-8-13(9-7-12)22-10-11-23-16(18)14-4-2-3-5-15(14)17(19)20/h2-9H,10-11H2,1H3. The molecule has 2 rings (SSSR count). The van der Waals surface area contributed by atoms with Gasteiger partial charge in [0.15, 0.2) is 0 Å². The maximum Gasteiger partial charge on any atom is 0.345 e. The van der Waals surface area contributed by atoms with Gasteiger partial charge >= 0.3 is 5.97 Å². The highest BCUT2D eigenvalue weighted by molar-refractivity contribution is 5.93. The number of ether oxygens (including phenoxy) is 3. The van der Waals surface area contributed by atoms with E-state index in [1.807, 2.05) is 0 Å². The van der Waals surface area contributed by atoms with Crippen molar-refractivity contribution in [1.82, 2.24) is 0 Å². The summed E-state index contributed by atoms with van der Waals surface area (Å²) in [7, 11) is 1.57. The Labute approximate surface area is 132 Å². The highest BCUT2D eigenvalue weighted by atomic mass is 16.6.